The molecule has 6 heteroatoms. The first kappa shape index (κ1) is 17.7. The third-order valence-corrected chi connectivity index (χ3v) is 6.43. The predicted octanol–water partition coefficient (Wildman–Crippen LogP) is 4.02. The Morgan fingerprint density at radius 1 is 1.19 bits per heavy atom. The summed E-state index contributed by atoms with van der Waals surface area (Å²) in [6, 6.07) is 3.83. The molecule has 5 nitrogen and oxygen atoms in total. The largest absolute Gasteiger partial charge is 0.463 e. The number of carbonyl (C=O) groups is 1. The van der Waals surface area contributed by atoms with Crippen LogP contribution in [0.1, 0.15) is 43.5 Å². The number of thiazole rings is 1. The number of furan rings is 1. The molecule has 1 aliphatic carbocycles. The number of amides is 1. The number of piperazine rings is 1. The Balaban J connectivity index is 1.24. The Bertz CT molecular complexity index is 698. The summed E-state index contributed by atoms with van der Waals surface area (Å²) in [5, 5.41) is 3.16. The summed E-state index contributed by atoms with van der Waals surface area (Å²) in [5.41, 5.74) is 0.913. The third-order valence-electron chi connectivity index (χ3n) is 5.60. The van der Waals surface area contributed by atoms with Crippen LogP contribution < -0.4 is 0 Å². The van der Waals surface area contributed by atoms with Crippen LogP contribution in [0, 0.1) is 5.92 Å². The maximum absolute atomic E-state index is 12.6. The number of hydrogen-bond donors (Lipinski definition) is 0. The topological polar surface area (TPSA) is 49.6 Å². The Morgan fingerprint density at radius 2 is 2.00 bits per heavy atom. The highest BCUT2D eigenvalue weighted by Crippen LogP contribution is 2.27. The van der Waals surface area contributed by atoms with Gasteiger partial charge in [-0.25, -0.2) is 4.98 Å². The molecule has 0 aromatic carbocycles. The monoisotopic (exact) mass is 373 g/mol. The van der Waals surface area contributed by atoms with Crippen LogP contribution in [0.15, 0.2) is 28.2 Å². The van der Waals surface area contributed by atoms with E-state index in [1.165, 1.54) is 32.1 Å². The average molecular weight is 374 g/mol. The van der Waals surface area contributed by atoms with Crippen molar-refractivity contribution in [2.24, 2.45) is 5.92 Å². The van der Waals surface area contributed by atoms with Crippen molar-refractivity contribution in [3.8, 4) is 11.5 Å². The summed E-state index contributed by atoms with van der Waals surface area (Å²) in [6.45, 7) is 4.43. The maximum Gasteiger partial charge on any atom is 0.222 e. The van der Waals surface area contributed by atoms with E-state index in [1.807, 2.05) is 12.1 Å². The zero-order valence-corrected chi connectivity index (χ0v) is 16.0. The van der Waals surface area contributed by atoms with Crippen molar-refractivity contribution in [1.82, 2.24) is 14.8 Å². The molecule has 2 aromatic heterocycles. The van der Waals surface area contributed by atoms with Crippen LogP contribution in [-0.4, -0.2) is 46.9 Å². The van der Waals surface area contributed by atoms with Gasteiger partial charge in [-0.1, -0.05) is 19.3 Å². The van der Waals surface area contributed by atoms with Crippen LogP contribution >= 0.6 is 11.3 Å². The van der Waals surface area contributed by atoms with E-state index < -0.39 is 0 Å². The molecule has 0 spiro atoms. The molecule has 1 saturated carbocycles. The van der Waals surface area contributed by atoms with Gasteiger partial charge in [-0.2, -0.15) is 0 Å². The molecule has 0 bridgehead atoms. The number of hydrogen-bond acceptors (Lipinski definition) is 5. The molecule has 2 aromatic rings. The SMILES string of the molecule is O=C(CC1CCCCC1)N1CCN(Cc2nc(-c3ccco3)cs2)CC1. The van der Waals surface area contributed by atoms with Crippen LogP contribution in [0.4, 0.5) is 0 Å². The van der Waals surface area contributed by atoms with Crippen LogP contribution in [0.5, 0.6) is 0 Å². The number of nitrogens with zero attached hydrogens (tertiary/aromatic N) is 3. The van der Waals surface area contributed by atoms with Crippen molar-refractivity contribution in [2.45, 2.75) is 45.1 Å². The van der Waals surface area contributed by atoms with E-state index in [1.54, 1.807) is 17.6 Å². The lowest BCUT2D eigenvalue weighted by Gasteiger charge is -2.35. The van der Waals surface area contributed by atoms with E-state index >= 15 is 0 Å². The lowest BCUT2D eigenvalue weighted by atomic mass is 9.86. The van der Waals surface area contributed by atoms with E-state index in [9.17, 15) is 4.79 Å². The van der Waals surface area contributed by atoms with E-state index in [4.69, 9.17) is 4.42 Å². The minimum absolute atomic E-state index is 0.367. The smallest absolute Gasteiger partial charge is 0.222 e. The van der Waals surface area contributed by atoms with Gasteiger partial charge in [0.15, 0.2) is 5.76 Å². The van der Waals surface area contributed by atoms with Crippen molar-refractivity contribution in [3.05, 3.63) is 28.8 Å². The van der Waals surface area contributed by atoms with Gasteiger partial charge >= 0.3 is 0 Å². The second-order valence-electron chi connectivity index (χ2n) is 7.47. The van der Waals surface area contributed by atoms with E-state index in [2.05, 4.69) is 20.2 Å². The number of rotatable bonds is 5. The number of carbonyl (C=O) groups excluding carboxylic acids is 1. The standard InChI is InChI=1S/C20H27N3O2S/c24-20(13-16-5-2-1-3-6-16)23-10-8-22(9-11-23)14-19-21-17(15-26-19)18-7-4-12-25-18/h4,7,12,15-16H,1-3,5-6,8-11,13-14H2. The molecule has 1 saturated heterocycles. The number of aromatic nitrogens is 1. The fourth-order valence-electron chi connectivity index (χ4n) is 4.03. The summed E-state index contributed by atoms with van der Waals surface area (Å²) >= 11 is 1.68. The highest BCUT2D eigenvalue weighted by molar-refractivity contribution is 7.09. The molecule has 0 radical (unpaired) electrons. The van der Waals surface area contributed by atoms with Crippen molar-refractivity contribution < 1.29 is 9.21 Å². The first-order chi connectivity index (χ1) is 12.8. The van der Waals surface area contributed by atoms with Crippen molar-refractivity contribution in [1.29, 1.82) is 0 Å². The van der Waals surface area contributed by atoms with E-state index in [0.29, 0.717) is 11.8 Å². The molecule has 0 unspecified atom stereocenters. The molecular formula is C20H27N3O2S. The van der Waals surface area contributed by atoms with Crippen LogP contribution in [-0.2, 0) is 11.3 Å². The van der Waals surface area contributed by atoms with Crippen molar-refractivity contribution in [2.75, 3.05) is 26.2 Å². The molecule has 1 amide bonds. The molecular weight excluding hydrogens is 346 g/mol. The van der Waals surface area contributed by atoms with Gasteiger partial charge < -0.3 is 9.32 Å². The lowest BCUT2D eigenvalue weighted by molar-refractivity contribution is -0.134. The Morgan fingerprint density at radius 3 is 2.73 bits per heavy atom. The summed E-state index contributed by atoms with van der Waals surface area (Å²) in [4.78, 5) is 21.7. The summed E-state index contributed by atoms with van der Waals surface area (Å²) < 4.78 is 5.41. The van der Waals surface area contributed by atoms with Gasteiger partial charge in [-0.3, -0.25) is 9.69 Å². The van der Waals surface area contributed by atoms with Gasteiger partial charge in [0, 0.05) is 38.0 Å². The first-order valence-corrected chi connectivity index (χ1v) is 10.6. The second-order valence-corrected chi connectivity index (χ2v) is 8.41. The minimum atomic E-state index is 0.367. The molecule has 0 atom stereocenters. The Kier molecular flexibility index (Phi) is 5.70. The summed E-state index contributed by atoms with van der Waals surface area (Å²) in [6.07, 6.45) is 8.89. The van der Waals surface area contributed by atoms with Gasteiger partial charge in [-0.15, -0.1) is 11.3 Å². The van der Waals surface area contributed by atoms with Gasteiger partial charge in [0.2, 0.25) is 5.91 Å². The minimum Gasteiger partial charge on any atom is -0.463 e. The highest BCUT2D eigenvalue weighted by atomic mass is 32.1. The molecule has 3 heterocycles. The quantitative estimate of drug-likeness (QED) is 0.794. The van der Waals surface area contributed by atoms with Gasteiger partial charge in [0.05, 0.1) is 12.8 Å². The van der Waals surface area contributed by atoms with Crippen molar-refractivity contribution in [3.63, 3.8) is 0 Å². The fourth-order valence-corrected chi connectivity index (χ4v) is 4.86. The van der Waals surface area contributed by atoms with E-state index in [0.717, 1.165) is 55.6 Å². The van der Waals surface area contributed by atoms with E-state index in [-0.39, 0.29) is 0 Å². The maximum atomic E-state index is 12.6. The lowest BCUT2D eigenvalue weighted by Crippen LogP contribution is -2.48. The van der Waals surface area contributed by atoms with Gasteiger partial charge in [0.1, 0.15) is 10.7 Å². The molecule has 2 fully saturated rings. The Hall–Kier alpha value is -1.66. The molecule has 2 aliphatic rings. The molecule has 1 aliphatic heterocycles. The van der Waals surface area contributed by atoms with Crippen molar-refractivity contribution >= 4 is 17.2 Å². The van der Waals surface area contributed by atoms with Gasteiger partial charge in [0.25, 0.3) is 0 Å². The van der Waals surface area contributed by atoms with Crippen LogP contribution in [0.25, 0.3) is 11.5 Å². The molecule has 26 heavy (non-hydrogen) atoms. The summed E-state index contributed by atoms with van der Waals surface area (Å²) in [7, 11) is 0. The third kappa shape index (κ3) is 4.35. The second kappa shape index (κ2) is 8.35. The zero-order chi connectivity index (χ0) is 17.8. The predicted molar refractivity (Wildman–Crippen MR) is 103 cm³/mol. The highest BCUT2D eigenvalue weighted by Gasteiger charge is 2.25. The zero-order valence-electron chi connectivity index (χ0n) is 15.2. The molecule has 0 N–H and O–H groups in total. The first-order valence-electron chi connectivity index (χ1n) is 9.76. The van der Waals surface area contributed by atoms with Gasteiger partial charge in [-0.05, 0) is 30.9 Å². The Labute approximate surface area is 159 Å². The average Bonchev–Trinajstić information content (AvgIpc) is 3.35. The molecule has 4 rings (SSSR count). The molecule has 140 valence electrons. The fraction of sp³-hybridized carbons (Fsp3) is 0.600. The normalized spacial score (nSPS) is 19.8. The summed E-state index contributed by atoms with van der Waals surface area (Å²) in [5.74, 6) is 1.82. The van der Waals surface area contributed by atoms with Crippen LogP contribution in [0.3, 0.4) is 0 Å². The van der Waals surface area contributed by atoms with Crippen LogP contribution in [0.2, 0.25) is 0 Å².